The van der Waals surface area contributed by atoms with Crippen molar-refractivity contribution >= 4 is 74.6 Å². The third kappa shape index (κ3) is 23.9. The maximum absolute atomic E-state index is 15.7. The van der Waals surface area contributed by atoms with E-state index < -0.39 is 142 Å². The summed E-state index contributed by atoms with van der Waals surface area (Å²) >= 11 is 0. The number of benzene rings is 16. The van der Waals surface area contributed by atoms with Crippen LogP contribution in [-0.4, -0.2) is 74.6 Å². The van der Waals surface area contributed by atoms with E-state index in [-0.39, 0.29) is 0 Å². The minimum Gasteiger partial charge on any atom is -0.282 e. The maximum atomic E-state index is 15.7. The van der Waals surface area contributed by atoms with Gasteiger partial charge in [-0.3, -0.25) is 59.9 Å². The van der Waals surface area contributed by atoms with Gasteiger partial charge in [-0.05, 0) is 352 Å². The highest BCUT2D eigenvalue weighted by Crippen LogP contribution is 2.45. The Bertz CT molecular complexity index is 5970. The molecule has 12 nitrogen and oxygen atoms in total. The van der Waals surface area contributed by atoms with Gasteiger partial charge in [-0.2, -0.15) is 0 Å². The monoisotopic (exact) mass is 1920 g/mol. The summed E-state index contributed by atoms with van der Waals surface area (Å²) in [6.07, 6.45) is 19.2. The number of aliphatic imine (C=N–C) groups is 12. The van der Waals surface area contributed by atoms with Crippen LogP contribution < -0.4 is 0 Å². The summed E-state index contributed by atoms with van der Waals surface area (Å²) in [4.78, 5) is 65.2. The van der Waals surface area contributed by atoms with Crippen molar-refractivity contribution in [1.82, 2.24) is 0 Å². The molecule has 0 saturated carbocycles. The first-order valence-corrected chi connectivity index (χ1v) is 46.2. The van der Waals surface area contributed by atoms with Crippen molar-refractivity contribution in [3.8, 4) is 0 Å². The topological polar surface area (TPSA) is 148 Å². The maximum Gasteiger partial charge on any atom is 0.123 e. The molecule has 12 bridgehead atoms. The molecule has 4 aliphatic rings. The Kier molecular flexibility index (Phi) is 29.2. The first-order chi connectivity index (χ1) is 70.1. The average Bonchev–Trinajstić information content (AvgIpc) is 0.835. The van der Waals surface area contributed by atoms with Gasteiger partial charge in [-0.1, -0.05) is 146 Å². The molecule has 0 N–H and O–H groups in total. The fourth-order valence-electron chi connectivity index (χ4n) is 17.8. The molecule has 0 fully saturated rings. The standard InChI is InChI=1S/C120H84F12N12/c121-97-25-1-85(2-26-97)109-110(86-3-27-98(122)28-4-86)134-62-74-51-77-54-78(52-74)66-138-116(92-15-39-104(128)40-16-92)118(94-19-43-106(130)44-20-94)142-70-82-56-80-58-84(60-82)72-144-120(96-23-47-108(132)48-24-96)119(95-21-45-107(131)46-22-95)143-71-83-57-79(55-81(59-83)69-141-117(93-17-41-105(129)42-18-93)115(137-65-77)91-13-37-103(127)38-14-91)67-139-113(89-9-33-101(125)34-10-89)111(87-5-29-99(123)30-6-87)135-63-75-49-73(61-133-109)50-76(53-75)64-136-112(88-7-31-100(124)32-8-88)114(140-68-80)90-11-35-102(126)36-12-90/h1-72,109-120H. The van der Waals surface area contributed by atoms with E-state index in [1.807, 2.05) is 0 Å². The molecule has 20 rings (SSSR count). The molecule has 0 aliphatic carbocycles. The van der Waals surface area contributed by atoms with Gasteiger partial charge < -0.3 is 0 Å². The molecule has 4 aliphatic heterocycles. The summed E-state index contributed by atoms with van der Waals surface area (Å²) in [6, 6.07) is 76.5. The van der Waals surface area contributed by atoms with Gasteiger partial charge in [-0.15, -0.1) is 0 Å². The van der Waals surface area contributed by atoms with E-state index in [1.165, 1.54) is 146 Å². The number of hydrogen-bond donors (Lipinski definition) is 0. The van der Waals surface area contributed by atoms with Crippen LogP contribution in [0.2, 0.25) is 0 Å². The Balaban J connectivity index is 0.959. The quantitative estimate of drug-likeness (QED) is 0.107. The zero-order chi connectivity index (χ0) is 99.1. The van der Waals surface area contributed by atoms with E-state index in [9.17, 15) is 0 Å². The lowest BCUT2D eigenvalue weighted by molar-refractivity contribution is 0.575. The van der Waals surface area contributed by atoms with Gasteiger partial charge >= 0.3 is 0 Å². The van der Waals surface area contributed by atoms with Gasteiger partial charge in [0.1, 0.15) is 142 Å². The lowest BCUT2D eigenvalue weighted by Crippen LogP contribution is -2.10. The molecule has 144 heavy (non-hydrogen) atoms. The van der Waals surface area contributed by atoms with Gasteiger partial charge in [0.2, 0.25) is 0 Å². The second kappa shape index (κ2) is 44.0. The van der Waals surface area contributed by atoms with Crippen LogP contribution in [0.4, 0.5) is 52.7 Å². The molecule has 0 saturated heterocycles. The third-order valence-corrected chi connectivity index (χ3v) is 24.9. The van der Waals surface area contributed by atoms with Crippen LogP contribution in [0.5, 0.6) is 0 Å². The van der Waals surface area contributed by atoms with Crippen LogP contribution in [-0.2, 0) is 0 Å². The number of fused-ring (bicyclic) bond motifs is 18. The lowest BCUT2D eigenvalue weighted by atomic mass is 9.93. The normalized spacial score (nSPS) is 19.8. The van der Waals surface area contributed by atoms with Crippen LogP contribution in [0, 0.1) is 69.8 Å². The van der Waals surface area contributed by atoms with E-state index in [4.69, 9.17) is 59.9 Å². The van der Waals surface area contributed by atoms with E-state index in [2.05, 4.69) is 0 Å². The molecule has 0 spiro atoms. The van der Waals surface area contributed by atoms with E-state index in [0.717, 1.165) is 0 Å². The predicted octanol–water partition coefficient (Wildman–Crippen LogP) is 28.4. The van der Waals surface area contributed by atoms with E-state index in [1.54, 1.807) is 293 Å². The largest absolute Gasteiger partial charge is 0.282 e. The Morgan fingerprint density at radius 1 is 0.0972 bits per heavy atom. The summed E-state index contributed by atoms with van der Waals surface area (Å²) < 4.78 is 188. The van der Waals surface area contributed by atoms with Crippen molar-refractivity contribution in [2.75, 3.05) is 0 Å². The van der Waals surface area contributed by atoms with Crippen molar-refractivity contribution in [1.29, 1.82) is 0 Å². The molecule has 12 unspecified atom stereocenters. The smallest absolute Gasteiger partial charge is 0.123 e. The molecule has 0 radical (unpaired) electrons. The van der Waals surface area contributed by atoms with Crippen LogP contribution in [0.15, 0.2) is 424 Å². The third-order valence-electron chi connectivity index (χ3n) is 24.9. The summed E-state index contributed by atoms with van der Waals surface area (Å²) in [5, 5.41) is 0. The molecule has 24 heteroatoms. The first kappa shape index (κ1) is 95.6. The zero-order valence-corrected chi connectivity index (χ0v) is 76.4. The molecule has 0 aromatic heterocycles. The van der Waals surface area contributed by atoms with Crippen molar-refractivity contribution in [2.24, 2.45) is 59.9 Å². The minimum absolute atomic E-state index is 0.404. The number of halogens is 12. The highest BCUT2D eigenvalue weighted by atomic mass is 19.2. The molecular formula is C120H84F12N12. The summed E-state index contributed by atoms with van der Waals surface area (Å²) in [7, 11) is 0. The molecule has 0 amide bonds. The molecule has 708 valence electrons. The van der Waals surface area contributed by atoms with Gasteiger partial charge in [0.15, 0.2) is 0 Å². The molecular weight excluding hydrogens is 1840 g/mol. The highest BCUT2D eigenvalue weighted by Gasteiger charge is 2.33. The summed E-state index contributed by atoms with van der Waals surface area (Å²) in [5.41, 5.74) is 10.1. The Hall–Kier alpha value is -17.3. The second-order valence-corrected chi connectivity index (χ2v) is 35.0. The predicted molar refractivity (Wildman–Crippen MR) is 547 cm³/mol. The lowest BCUT2D eigenvalue weighted by Gasteiger charge is -2.23. The molecule has 4 heterocycles. The SMILES string of the molecule is Fc1ccc(C2N=Cc3cc4cc(c3)C=NC(c3ccc(F)cc3)C(c3ccc(F)cc3)N=Cc3cc5cc(c3)C=NC(c3ccc(F)cc3)C(c3ccc(F)cc3)N=Cc3cc(cc(c3)C=NC(c3ccc(F)cc3)C(c3ccc(F)cc3)N=Cc3cc(cc(c3)C=NC(c3ccc(F)cc3)C(c3ccc(F)cc3)N=C5)C=NC2c2ccc(F)cc2)C=NC(c2ccc(F)cc2)C(c2ccc(F)cc2)N=C4)cc1. The number of hydrogen-bond acceptors (Lipinski definition) is 12. The van der Waals surface area contributed by atoms with Crippen molar-refractivity contribution in [3.63, 3.8) is 0 Å². The Morgan fingerprint density at radius 2 is 0.160 bits per heavy atom. The summed E-state index contributed by atoms with van der Waals surface area (Å²) in [5.74, 6) is -6.89. The average molecular weight is 1920 g/mol. The number of nitrogens with zero attached hydrogens (tertiary/aromatic N) is 12. The van der Waals surface area contributed by atoms with Crippen LogP contribution >= 0.6 is 0 Å². The second-order valence-electron chi connectivity index (χ2n) is 35.0. The molecule has 16 aromatic rings. The molecule has 16 aromatic carbocycles. The van der Waals surface area contributed by atoms with Crippen molar-refractivity contribution < 1.29 is 52.7 Å². The fourth-order valence-corrected chi connectivity index (χ4v) is 17.8. The van der Waals surface area contributed by atoms with Crippen LogP contribution in [0.1, 0.15) is 206 Å². The first-order valence-electron chi connectivity index (χ1n) is 46.2. The van der Waals surface area contributed by atoms with Gasteiger partial charge in [0.05, 0.1) is 0 Å². The van der Waals surface area contributed by atoms with Crippen LogP contribution in [0.25, 0.3) is 0 Å². The fraction of sp³-hybridized carbons (Fsp3) is 0.100. The Morgan fingerprint density at radius 3 is 0.222 bits per heavy atom. The van der Waals surface area contributed by atoms with Crippen LogP contribution in [0.3, 0.4) is 0 Å². The minimum atomic E-state index is -1.11. The van der Waals surface area contributed by atoms with Crippen molar-refractivity contribution in [3.05, 3.63) is 567 Å². The molecule has 12 atom stereocenters. The van der Waals surface area contributed by atoms with Gasteiger partial charge in [-0.25, -0.2) is 52.7 Å². The van der Waals surface area contributed by atoms with Gasteiger partial charge in [0, 0.05) is 74.6 Å². The zero-order valence-electron chi connectivity index (χ0n) is 76.4. The summed E-state index contributed by atoms with van der Waals surface area (Å²) in [6.45, 7) is 0. The Labute approximate surface area is 822 Å². The highest BCUT2D eigenvalue weighted by molar-refractivity contribution is 5.96. The van der Waals surface area contributed by atoms with Gasteiger partial charge in [0.25, 0.3) is 0 Å². The van der Waals surface area contributed by atoms with E-state index >= 15 is 52.7 Å². The van der Waals surface area contributed by atoms with E-state index in [0.29, 0.717) is 134 Å². The van der Waals surface area contributed by atoms with Crippen molar-refractivity contribution in [2.45, 2.75) is 72.5 Å². The number of rotatable bonds is 12.